The molecule has 0 bridgehead atoms. The third-order valence-electron chi connectivity index (χ3n) is 4.35. The van der Waals surface area contributed by atoms with Crippen LogP contribution in [0.4, 0.5) is 4.39 Å². The van der Waals surface area contributed by atoms with Gasteiger partial charge in [-0.1, -0.05) is 41.4 Å². The first-order chi connectivity index (χ1) is 13.3. The van der Waals surface area contributed by atoms with Crippen LogP contribution in [0.3, 0.4) is 0 Å². The van der Waals surface area contributed by atoms with Gasteiger partial charge in [0.1, 0.15) is 11.0 Å². The zero-order chi connectivity index (χ0) is 20.1. The van der Waals surface area contributed by atoms with Crippen molar-refractivity contribution in [3.63, 3.8) is 0 Å². The Morgan fingerprint density at radius 3 is 2.50 bits per heavy atom. The topological polar surface area (TPSA) is 52.0 Å². The van der Waals surface area contributed by atoms with E-state index in [1.165, 1.54) is 30.5 Å². The number of pyridine rings is 1. The Hall–Kier alpha value is -2.22. The van der Waals surface area contributed by atoms with Gasteiger partial charge in [-0.3, -0.25) is 0 Å². The van der Waals surface area contributed by atoms with E-state index in [0.717, 1.165) is 9.54 Å². The lowest BCUT2D eigenvalue weighted by Gasteiger charge is -2.09. The summed E-state index contributed by atoms with van der Waals surface area (Å²) in [7, 11) is -4.01. The normalized spacial score (nSPS) is 11.9. The maximum absolute atomic E-state index is 13.8. The van der Waals surface area contributed by atoms with Gasteiger partial charge in [0.15, 0.2) is 5.65 Å². The second-order valence-electron chi connectivity index (χ2n) is 6.28. The molecule has 0 N–H and O–H groups in total. The summed E-state index contributed by atoms with van der Waals surface area (Å²) in [6, 6.07) is 14.0. The van der Waals surface area contributed by atoms with Crippen LogP contribution in [-0.4, -0.2) is 17.4 Å². The van der Waals surface area contributed by atoms with E-state index in [0.29, 0.717) is 21.0 Å². The molecule has 28 heavy (non-hydrogen) atoms. The molecule has 0 saturated heterocycles. The molecule has 0 aliphatic heterocycles. The van der Waals surface area contributed by atoms with Crippen molar-refractivity contribution in [3.05, 3.63) is 81.8 Å². The van der Waals surface area contributed by atoms with Gasteiger partial charge in [-0.2, -0.15) is 0 Å². The van der Waals surface area contributed by atoms with Crippen molar-refractivity contribution in [1.82, 2.24) is 8.96 Å². The first kappa shape index (κ1) is 19.1. The summed E-state index contributed by atoms with van der Waals surface area (Å²) in [6.07, 6.45) is 1.50. The van der Waals surface area contributed by atoms with Crippen LogP contribution in [0.5, 0.6) is 0 Å². The number of aryl methyl sites for hydroxylation is 1. The van der Waals surface area contributed by atoms with Gasteiger partial charge in [-0.25, -0.2) is 21.8 Å². The highest BCUT2D eigenvalue weighted by Gasteiger charge is 2.28. The van der Waals surface area contributed by atoms with Gasteiger partial charge in [-0.05, 0) is 58.7 Å². The van der Waals surface area contributed by atoms with E-state index < -0.39 is 15.8 Å². The second-order valence-corrected chi connectivity index (χ2v) is 9.34. The molecule has 4 rings (SSSR count). The summed E-state index contributed by atoms with van der Waals surface area (Å²) in [5.74, 6) is -0.446. The molecule has 4 aromatic rings. The molecule has 0 spiro atoms. The standard InChI is InChI=1S/C20H13BrClFN2O2S/c1-12-5-7-16(8-6-12)28(26,27)25-19(22)18(13-3-2-4-15(23)9-13)17-10-14(21)11-24-20(17)25/h2-11H,1H3. The molecule has 0 amide bonds. The molecule has 2 aromatic heterocycles. The average Bonchev–Trinajstić information content (AvgIpc) is 2.93. The van der Waals surface area contributed by atoms with Crippen LogP contribution in [0.2, 0.25) is 5.15 Å². The summed E-state index contributed by atoms with van der Waals surface area (Å²) in [5, 5.41) is 0.451. The summed E-state index contributed by atoms with van der Waals surface area (Å²) in [5.41, 5.74) is 1.98. The van der Waals surface area contributed by atoms with Crippen molar-refractivity contribution in [2.75, 3.05) is 0 Å². The van der Waals surface area contributed by atoms with Gasteiger partial charge >= 0.3 is 0 Å². The van der Waals surface area contributed by atoms with Gasteiger partial charge < -0.3 is 0 Å². The zero-order valence-electron chi connectivity index (χ0n) is 14.5. The maximum Gasteiger partial charge on any atom is 0.270 e. The number of hydrogen-bond acceptors (Lipinski definition) is 3. The Labute approximate surface area is 174 Å². The Morgan fingerprint density at radius 2 is 1.82 bits per heavy atom. The van der Waals surface area contributed by atoms with Crippen LogP contribution in [-0.2, 0) is 10.0 Å². The molecular formula is C20H13BrClFN2O2S. The van der Waals surface area contributed by atoms with Crippen LogP contribution in [0.15, 0.2) is 70.2 Å². The number of rotatable bonds is 3. The molecule has 2 aromatic carbocycles. The van der Waals surface area contributed by atoms with Gasteiger partial charge in [0.25, 0.3) is 10.0 Å². The van der Waals surface area contributed by atoms with E-state index in [4.69, 9.17) is 11.6 Å². The van der Waals surface area contributed by atoms with E-state index in [9.17, 15) is 12.8 Å². The lowest BCUT2D eigenvalue weighted by atomic mass is 10.1. The molecule has 2 heterocycles. The third-order valence-corrected chi connectivity index (χ3v) is 6.95. The van der Waals surface area contributed by atoms with Crippen LogP contribution < -0.4 is 0 Å². The fourth-order valence-corrected chi connectivity index (χ4v) is 5.30. The Morgan fingerprint density at radius 1 is 1.11 bits per heavy atom. The van der Waals surface area contributed by atoms with Crippen LogP contribution >= 0.6 is 27.5 Å². The fourth-order valence-electron chi connectivity index (χ4n) is 3.04. The van der Waals surface area contributed by atoms with Crippen molar-refractivity contribution >= 4 is 48.6 Å². The van der Waals surface area contributed by atoms with E-state index in [2.05, 4.69) is 20.9 Å². The zero-order valence-corrected chi connectivity index (χ0v) is 17.7. The van der Waals surface area contributed by atoms with Crippen molar-refractivity contribution < 1.29 is 12.8 Å². The van der Waals surface area contributed by atoms with Crippen molar-refractivity contribution in [2.24, 2.45) is 0 Å². The molecule has 142 valence electrons. The lowest BCUT2D eigenvalue weighted by molar-refractivity contribution is 0.589. The minimum absolute atomic E-state index is 0.0493. The predicted molar refractivity (Wildman–Crippen MR) is 112 cm³/mol. The predicted octanol–water partition coefficient (Wildman–Crippen LogP) is 5.80. The molecule has 0 aliphatic carbocycles. The Kier molecular flexibility index (Phi) is 4.77. The molecule has 0 saturated carbocycles. The highest BCUT2D eigenvalue weighted by molar-refractivity contribution is 9.10. The number of nitrogens with zero attached hydrogens (tertiary/aromatic N) is 2. The summed E-state index contributed by atoms with van der Waals surface area (Å²) >= 11 is 9.92. The molecule has 8 heteroatoms. The largest absolute Gasteiger partial charge is 0.270 e. The van der Waals surface area contributed by atoms with Crippen LogP contribution in [0.1, 0.15) is 5.56 Å². The number of hydrogen-bond donors (Lipinski definition) is 0. The smallest absolute Gasteiger partial charge is 0.236 e. The summed E-state index contributed by atoms with van der Waals surface area (Å²) in [6.45, 7) is 1.87. The van der Waals surface area contributed by atoms with Crippen molar-refractivity contribution in [2.45, 2.75) is 11.8 Å². The quantitative estimate of drug-likeness (QED) is 0.373. The Bertz CT molecular complexity index is 1320. The van der Waals surface area contributed by atoms with E-state index >= 15 is 0 Å². The van der Waals surface area contributed by atoms with Crippen molar-refractivity contribution in [3.8, 4) is 11.1 Å². The highest BCUT2D eigenvalue weighted by Crippen LogP contribution is 2.40. The molecule has 0 unspecified atom stereocenters. The summed E-state index contributed by atoms with van der Waals surface area (Å²) < 4.78 is 42.1. The molecule has 0 atom stereocenters. The summed E-state index contributed by atoms with van der Waals surface area (Å²) in [4.78, 5) is 4.37. The first-order valence-electron chi connectivity index (χ1n) is 8.22. The van der Waals surface area contributed by atoms with E-state index in [1.807, 2.05) is 6.92 Å². The van der Waals surface area contributed by atoms with Crippen LogP contribution in [0.25, 0.3) is 22.2 Å². The molecule has 0 aliphatic rings. The highest BCUT2D eigenvalue weighted by atomic mass is 79.9. The van der Waals surface area contributed by atoms with Crippen molar-refractivity contribution in [1.29, 1.82) is 0 Å². The molecule has 0 radical (unpaired) electrons. The van der Waals surface area contributed by atoms with Crippen LogP contribution in [0, 0.1) is 12.7 Å². The number of aromatic nitrogens is 2. The number of benzene rings is 2. The molecule has 0 fully saturated rings. The average molecular weight is 480 g/mol. The lowest BCUT2D eigenvalue weighted by Crippen LogP contribution is -2.13. The number of halogens is 3. The van der Waals surface area contributed by atoms with Gasteiger partial charge in [0.05, 0.1) is 4.90 Å². The minimum atomic E-state index is -4.01. The molecule has 4 nitrogen and oxygen atoms in total. The van der Waals surface area contributed by atoms with Gasteiger partial charge in [0, 0.05) is 21.6 Å². The van der Waals surface area contributed by atoms with Gasteiger partial charge in [-0.15, -0.1) is 0 Å². The van der Waals surface area contributed by atoms with E-state index in [-0.39, 0.29) is 15.7 Å². The third kappa shape index (κ3) is 3.13. The Balaban J connectivity index is 2.08. The molecular weight excluding hydrogens is 467 g/mol. The number of fused-ring (bicyclic) bond motifs is 1. The fraction of sp³-hybridized carbons (Fsp3) is 0.0500. The first-order valence-corrected chi connectivity index (χ1v) is 10.8. The SMILES string of the molecule is Cc1ccc(S(=O)(=O)n2c(Cl)c(-c3cccc(F)c3)c3cc(Br)cnc32)cc1. The second kappa shape index (κ2) is 6.99. The van der Waals surface area contributed by atoms with Gasteiger partial charge in [0.2, 0.25) is 0 Å². The maximum atomic E-state index is 13.8. The minimum Gasteiger partial charge on any atom is -0.236 e. The van der Waals surface area contributed by atoms with E-state index in [1.54, 1.807) is 30.3 Å². The monoisotopic (exact) mass is 478 g/mol.